The summed E-state index contributed by atoms with van der Waals surface area (Å²) >= 11 is 0. The van der Waals surface area contributed by atoms with Crippen molar-refractivity contribution < 1.29 is 0 Å². The maximum atomic E-state index is 2.40. The van der Waals surface area contributed by atoms with E-state index in [0.717, 1.165) is 0 Å². The fourth-order valence-corrected chi connectivity index (χ4v) is 4.00. The second-order valence-corrected chi connectivity index (χ2v) is 7.11. The second kappa shape index (κ2) is 5.30. The summed E-state index contributed by atoms with van der Waals surface area (Å²) in [5.41, 5.74) is 5.20. The molecule has 1 aliphatic rings. The van der Waals surface area contributed by atoms with Crippen LogP contribution in [0.5, 0.6) is 0 Å². The van der Waals surface area contributed by atoms with Gasteiger partial charge >= 0.3 is 0 Å². The van der Waals surface area contributed by atoms with E-state index in [1.165, 1.54) is 33.1 Å². The van der Waals surface area contributed by atoms with Gasteiger partial charge in [0.1, 0.15) is 6.17 Å². The van der Waals surface area contributed by atoms with E-state index in [1.807, 2.05) is 0 Å². The topological polar surface area (TPSA) is 11.4 Å². The minimum absolute atomic E-state index is 0.344. The predicted octanol–water partition coefficient (Wildman–Crippen LogP) is 4.99. The molecule has 1 aliphatic heterocycles. The minimum atomic E-state index is 0.344. The molecule has 3 aromatic rings. The molecule has 0 unspecified atom stereocenters. The number of rotatable bonds is 2. The fourth-order valence-electron chi connectivity index (χ4n) is 4.00. The molecule has 0 spiro atoms. The van der Waals surface area contributed by atoms with Crippen LogP contribution in [0.15, 0.2) is 48.8 Å². The standard InChI is InChI=1S/C21H25N3/c1-14(2)23-10-11-24(16(23)4)20-13-18-17-8-6-7-9-19(17)22(5)21(18)12-15(20)3/h6-14,16H,1-5H3/t16-/m0/s1. The van der Waals surface area contributed by atoms with Crippen LogP contribution in [0.3, 0.4) is 0 Å². The normalized spacial score (nSPS) is 17.8. The van der Waals surface area contributed by atoms with Crippen LogP contribution >= 0.6 is 0 Å². The van der Waals surface area contributed by atoms with Gasteiger partial charge < -0.3 is 14.4 Å². The molecule has 1 atom stereocenters. The van der Waals surface area contributed by atoms with E-state index in [2.05, 4.69) is 97.9 Å². The van der Waals surface area contributed by atoms with Crippen molar-refractivity contribution in [3.63, 3.8) is 0 Å². The Hall–Kier alpha value is -2.42. The summed E-state index contributed by atoms with van der Waals surface area (Å²) in [5.74, 6) is 0. The number of para-hydroxylation sites is 1. The van der Waals surface area contributed by atoms with E-state index >= 15 is 0 Å². The first-order chi connectivity index (χ1) is 11.5. The van der Waals surface area contributed by atoms with Crippen LogP contribution in [0.4, 0.5) is 5.69 Å². The molecule has 4 rings (SSSR count). The smallest absolute Gasteiger partial charge is 0.103 e. The van der Waals surface area contributed by atoms with Crippen LogP contribution in [0.1, 0.15) is 26.3 Å². The van der Waals surface area contributed by atoms with E-state index < -0.39 is 0 Å². The van der Waals surface area contributed by atoms with Gasteiger partial charge in [-0.2, -0.15) is 0 Å². The Labute approximate surface area is 143 Å². The lowest BCUT2D eigenvalue weighted by atomic mass is 10.1. The van der Waals surface area contributed by atoms with Crippen LogP contribution in [-0.2, 0) is 7.05 Å². The van der Waals surface area contributed by atoms with Crippen molar-refractivity contribution in [2.24, 2.45) is 7.05 Å². The number of fused-ring (bicyclic) bond motifs is 3. The van der Waals surface area contributed by atoms with E-state index in [4.69, 9.17) is 0 Å². The van der Waals surface area contributed by atoms with Crippen LogP contribution in [-0.4, -0.2) is 21.7 Å². The monoisotopic (exact) mass is 319 g/mol. The molecular weight excluding hydrogens is 294 g/mol. The largest absolute Gasteiger partial charge is 0.353 e. The number of benzene rings is 2. The molecular formula is C21H25N3. The average Bonchev–Trinajstić information content (AvgIpc) is 3.07. The van der Waals surface area contributed by atoms with E-state index in [0.29, 0.717) is 12.2 Å². The summed E-state index contributed by atoms with van der Waals surface area (Å²) in [4.78, 5) is 4.78. The Morgan fingerprint density at radius 1 is 0.958 bits per heavy atom. The molecule has 0 fully saturated rings. The highest BCUT2D eigenvalue weighted by molar-refractivity contribution is 6.09. The average molecular weight is 319 g/mol. The Bertz CT molecular complexity index is 949. The van der Waals surface area contributed by atoms with E-state index in [1.54, 1.807) is 0 Å². The maximum Gasteiger partial charge on any atom is 0.103 e. The number of aromatic nitrogens is 1. The third kappa shape index (κ3) is 2.04. The zero-order valence-corrected chi connectivity index (χ0v) is 15.1. The van der Waals surface area contributed by atoms with Gasteiger partial charge in [0.15, 0.2) is 0 Å². The number of aryl methyl sites for hydroxylation is 2. The van der Waals surface area contributed by atoms with Crippen LogP contribution in [0, 0.1) is 6.92 Å². The molecule has 2 heterocycles. The van der Waals surface area contributed by atoms with Crippen molar-refractivity contribution in [3.05, 3.63) is 54.4 Å². The lowest BCUT2D eigenvalue weighted by molar-refractivity contribution is 0.263. The van der Waals surface area contributed by atoms with Crippen molar-refractivity contribution in [1.29, 1.82) is 0 Å². The van der Waals surface area contributed by atoms with E-state index in [9.17, 15) is 0 Å². The highest BCUT2D eigenvalue weighted by Gasteiger charge is 2.26. The molecule has 24 heavy (non-hydrogen) atoms. The molecule has 0 amide bonds. The zero-order chi connectivity index (χ0) is 17.0. The van der Waals surface area contributed by atoms with Gasteiger partial charge in [0.05, 0.1) is 0 Å². The van der Waals surface area contributed by atoms with Gasteiger partial charge in [-0.3, -0.25) is 0 Å². The van der Waals surface area contributed by atoms with Gasteiger partial charge in [-0.15, -0.1) is 0 Å². The van der Waals surface area contributed by atoms with Crippen LogP contribution in [0.2, 0.25) is 0 Å². The van der Waals surface area contributed by atoms with Crippen molar-refractivity contribution in [1.82, 2.24) is 9.47 Å². The Kier molecular flexibility index (Phi) is 3.34. The quantitative estimate of drug-likeness (QED) is 0.659. The van der Waals surface area contributed by atoms with E-state index in [-0.39, 0.29) is 0 Å². The molecule has 3 heteroatoms. The van der Waals surface area contributed by atoms with Gasteiger partial charge in [0.25, 0.3) is 0 Å². The van der Waals surface area contributed by atoms with Crippen molar-refractivity contribution in [2.45, 2.75) is 39.9 Å². The fraction of sp³-hybridized carbons (Fsp3) is 0.333. The Morgan fingerprint density at radius 3 is 2.42 bits per heavy atom. The number of anilines is 1. The third-order valence-electron chi connectivity index (χ3n) is 5.34. The molecule has 0 saturated carbocycles. The molecule has 0 saturated heterocycles. The van der Waals surface area contributed by atoms with Crippen molar-refractivity contribution in [2.75, 3.05) is 4.90 Å². The SMILES string of the molecule is Cc1cc2c(cc1N1C=CN(C(C)C)[C@@H]1C)c1ccccc1n2C. The van der Waals surface area contributed by atoms with Gasteiger partial charge in [0.2, 0.25) is 0 Å². The summed E-state index contributed by atoms with van der Waals surface area (Å²) in [6, 6.07) is 13.8. The Morgan fingerprint density at radius 2 is 1.71 bits per heavy atom. The van der Waals surface area contributed by atoms with Crippen LogP contribution in [0.25, 0.3) is 21.8 Å². The van der Waals surface area contributed by atoms with Gasteiger partial charge in [-0.05, 0) is 51.5 Å². The molecule has 3 nitrogen and oxygen atoms in total. The van der Waals surface area contributed by atoms with Crippen molar-refractivity contribution >= 4 is 27.5 Å². The summed E-state index contributed by atoms with van der Waals surface area (Å²) in [6.45, 7) is 8.97. The first-order valence-electron chi connectivity index (χ1n) is 8.71. The predicted molar refractivity (Wildman–Crippen MR) is 103 cm³/mol. The highest BCUT2D eigenvalue weighted by atomic mass is 15.4. The number of hydrogen-bond donors (Lipinski definition) is 0. The number of nitrogens with zero attached hydrogens (tertiary/aromatic N) is 3. The molecule has 2 aromatic carbocycles. The zero-order valence-electron chi connectivity index (χ0n) is 15.1. The van der Waals surface area contributed by atoms with Gasteiger partial charge in [0, 0.05) is 53.0 Å². The summed E-state index contributed by atoms with van der Waals surface area (Å²) in [7, 11) is 2.16. The lowest BCUT2D eigenvalue weighted by Crippen LogP contribution is -2.39. The molecule has 1 aromatic heterocycles. The van der Waals surface area contributed by atoms with Gasteiger partial charge in [-0.25, -0.2) is 0 Å². The maximum absolute atomic E-state index is 2.40. The molecule has 0 aliphatic carbocycles. The minimum Gasteiger partial charge on any atom is -0.353 e. The molecule has 0 N–H and O–H groups in total. The summed E-state index contributed by atoms with van der Waals surface area (Å²) in [6.07, 6.45) is 4.77. The second-order valence-electron chi connectivity index (χ2n) is 7.11. The third-order valence-corrected chi connectivity index (χ3v) is 5.34. The first-order valence-corrected chi connectivity index (χ1v) is 8.71. The summed E-state index contributed by atoms with van der Waals surface area (Å²) in [5, 5.41) is 2.66. The number of hydrogen-bond acceptors (Lipinski definition) is 2. The van der Waals surface area contributed by atoms with Gasteiger partial charge in [-0.1, -0.05) is 18.2 Å². The lowest BCUT2D eigenvalue weighted by Gasteiger charge is -2.33. The van der Waals surface area contributed by atoms with Crippen molar-refractivity contribution in [3.8, 4) is 0 Å². The Balaban J connectivity index is 1.90. The first kappa shape index (κ1) is 15.1. The molecule has 0 radical (unpaired) electrons. The molecule has 0 bridgehead atoms. The molecule has 124 valence electrons. The highest BCUT2D eigenvalue weighted by Crippen LogP contribution is 2.36. The van der Waals surface area contributed by atoms with Crippen LogP contribution < -0.4 is 4.90 Å². The summed E-state index contributed by atoms with van der Waals surface area (Å²) < 4.78 is 2.30.